The van der Waals surface area contributed by atoms with Gasteiger partial charge in [-0.15, -0.1) is 0 Å². The Morgan fingerprint density at radius 2 is 2.00 bits per heavy atom. The largest absolute Gasteiger partial charge is 0.497 e. The molecule has 2 aromatic carbocycles. The number of methoxy groups -OCH3 is 1. The quantitative estimate of drug-likeness (QED) is 0.762. The Bertz CT molecular complexity index is 723. The van der Waals surface area contributed by atoms with Crippen molar-refractivity contribution in [2.75, 3.05) is 27.4 Å². The number of amides is 1. The lowest BCUT2D eigenvalue weighted by Crippen LogP contribution is -2.26. The number of hydrogen-bond acceptors (Lipinski definition) is 4. The van der Waals surface area contributed by atoms with Crippen LogP contribution in [-0.4, -0.2) is 44.3 Å². The van der Waals surface area contributed by atoms with Crippen molar-refractivity contribution in [2.45, 2.75) is 25.5 Å². The third-order valence-corrected chi connectivity index (χ3v) is 4.47. The van der Waals surface area contributed by atoms with E-state index >= 15 is 0 Å². The Labute approximate surface area is 154 Å². The van der Waals surface area contributed by atoms with Crippen molar-refractivity contribution in [1.29, 1.82) is 0 Å². The van der Waals surface area contributed by atoms with Gasteiger partial charge in [-0.3, -0.25) is 4.79 Å². The highest BCUT2D eigenvalue weighted by molar-refractivity contribution is 5.94. The summed E-state index contributed by atoms with van der Waals surface area (Å²) in [6.07, 6.45) is 2.28. The zero-order chi connectivity index (χ0) is 18.4. The van der Waals surface area contributed by atoms with E-state index in [0.717, 1.165) is 30.8 Å². The summed E-state index contributed by atoms with van der Waals surface area (Å²) in [7, 11) is 3.44. The fourth-order valence-corrected chi connectivity index (χ4v) is 2.98. The highest BCUT2D eigenvalue weighted by Crippen LogP contribution is 2.19. The maximum atomic E-state index is 12.7. The third-order valence-electron chi connectivity index (χ3n) is 4.47. The molecule has 1 amide bonds. The van der Waals surface area contributed by atoms with E-state index in [9.17, 15) is 4.79 Å². The van der Waals surface area contributed by atoms with Crippen LogP contribution < -0.4 is 9.47 Å². The first-order valence-corrected chi connectivity index (χ1v) is 8.88. The number of hydrogen-bond donors (Lipinski definition) is 0. The van der Waals surface area contributed by atoms with Gasteiger partial charge in [0.25, 0.3) is 5.91 Å². The number of ether oxygens (including phenoxy) is 3. The van der Waals surface area contributed by atoms with Gasteiger partial charge >= 0.3 is 0 Å². The molecule has 0 radical (unpaired) electrons. The van der Waals surface area contributed by atoms with Gasteiger partial charge in [-0.05, 0) is 48.7 Å². The summed E-state index contributed by atoms with van der Waals surface area (Å²) in [6.45, 7) is 1.87. The molecule has 1 heterocycles. The van der Waals surface area contributed by atoms with Crippen LogP contribution in [0.2, 0.25) is 0 Å². The van der Waals surface area contributed by atoms with Gasteiger partial charge in [0.1, 0.15) is 18.1 Å². The molecule has 138 valence electrons. The zero-order valence-corrected chi connectivity index (χ0v) is 15.3. The summed E-state index contributed by atoms with van der Waals surface area (Å²) in [5.41, 5.74) is 1.67. The number of carbonyl (C=O) groups is 1. The summed E-state index contributed by atoms with van der Waals surface area (Å²) in [5.74, 6) is 1.46. The molecular formula is C21H25NO4. The number of benzene rings is 2. The van der Waals surface area contributed by atoms with E-state index in [2.05, 4.69) is 0 Å². The van der Waals surface area contributed by atoms with Crippen LogP contribution in [0.1, 0.15) is 28.8 Å². The van der Waals surface area contributed by atoms with Crippen LogP contribution in [-0.2, 0) is 11.3 Å². The van der Waals surface area contributed by atoms with Crippen molar-refractivity contribution in [3.8, 4) is 11.5 Å². The number of rotatable bonds is 7. The van der Waals surface area contributed by atoms with Gasteiger partial charge in [0.15, 0.2) is 0 Å². The average Bonchev–Trinajstić information content (AvgIpc) is 3.20. The second-order valence-electron chi connectivity index (χ2n) is 6.48. The first-order chi connectivity index (χ1) is 12.7. The highest BCUT2D eigenvalue weighted by atomic mass is 16.5. The molecule has 5 nitrogen and oxygen atoms in total. The van der Waals surface area contributed by atoms with Gasteiger partial charge in [0.2, 0.25) is 0 Å². The lowest BCUT2D eigenvalue weighted by Gasteiger charge is -2.18. The molecule has 1 fully saturated rings. The van der Waals surface area contributed by atoms with Crippen LogP contribution in [0.4, 0.5) is 0 Å². The van der Waals surface area contributed by atoms with E-state index in [1.165, 1.54) is 0 Å². The summed E-state index contributed by atoms with van der Waals surface area (Å²) in [6, 6.07) is 15.0. The Hall–Kier alpha value is -2.53. The molecule has 5 heteroatoms. The van der Waals surface area contributed by atoms with Crippen molar-refractivity contribution in [3.05, 3.63) is 59.7 Å². The monoisotopic (exact) mass is 355 g/mol. The molecule has 1 aliphatic rings. The maximum absolute atomic E-state index is 12.7. The standard InChI is InChI=1S/C21H25NO4/c1-22(14-16-8-10-18(24-2)11-9-16)21(23)17-5-3-6-19(13-17)26-15-20-7-4-12-25-20/h3,5-6,8-11,13,20H,4,7,12,14-15H2,1-2H3. The van der Waals surface area contributed by atoms with E-state index < -0.39 is 0 Å². The van der Waals surface area contributed by atoms with Crippen molar-refractivity contribution in [2.24, 2.45) is 0 Å². The van der Waals surface area contributed by atoms with Crippen molar-refractivity contribution < 1.29 is 19.0 Å². The van der Waals surface area contributed by atoms with Gasteiger partial charge < -0.3 is 19.1 Å². The second kappa shape index (κ2) is 8.72. The van der Waals surface area contributed by atoms with Gasteiger partial charge in [0, 0.05) is 25.8 Å². The Balaban J connectivity index is 1.59. The van der Waals surface area contributed by atoms with Crippen LogP contribution in [0, 0.1) is 0 Å². The Kier molecular flexibility index (Phi) is 6.12. The first-order valence-electron chi connectivity index (χ1n) is 8.88. The molecule has 2 aromatic rings. The highest BCUT2D eigenvalue weighted by Gasteiger charge is 2.17. The minimum absolute atomic E-state index is 0.0385. The van der Waals surface area contributed by atoms with Crippen LogP contribution in [0.3, 0.4) is 0 Å². The van der Waals surface area contributed by atoms with Gasteiger partial charge in [-0.25, -0.2) is 0 Å². The molecule has 0 bridgehead atoms. The smallest absolute Gasteiger partial charge is 0.254 e. The summed E-state index contributed by atoms with van der Waals surface area (Å²) in [4.78, 5) is 14.4. The topological polar surface area (TPSA) is 48.0 Å². The van der Waals surface area contributed by atoms with Gasteiger partial charge in [-0.2, -0.15) is 0 Å². The van der Waals surface area contributed by atoms with E-state index in [1.807, 2.05) is 42.5 Å². The fourth-order valence-electron chi connectivity index (χ4n) is 2.98. The molecule has 0 N–H and O–H groups in total. The normalized spacial score (nSPS) is 16.3. The molecule has 0 spiro atoms. The van der Waals surface area contributed by atoms with Crippen molar-refractivity contribution >= 4 is 5.91 Å². The summed E-state index contributed by atoms with van der Waals surface area (Å²) >= 11 is 0. The molecule has 0 saturated carbocycles. The van der Waals surface area contributed by atoms with Crippen LogP contribution in [0.25, 0.3) is 0 Å². The minimum Gasteiger partial charge on any atom is -0.497 e. The van der Waals surface area contributed by atoms with E-state index in [0.29, 0.717) is 24.5 Å². The molecule has 1 atom stereocenters. The van der Waals surface area contributed by atoms with Gasteiger partial charge in [0.05, 0.1) is 13.2 Å². The van der Waals surface area contributed by atoms with Gasteiger partial charge in [-0.1, -0.05) is 18.2 Å². The number of carbonyl (C=O) groups excluding carboxylic acids is 1. The predicted octanol–water partition coefficient (Wildman–Crippen LogP) is 3.53. The molecule has 0 aromatic heterocycles. The minimum atomic E-state index is -0.0385. The number of nitrogens with zero attached hydrogens (tertiary/aromatic N) is 1. The van der Waals surface area contributed by atoms with Crippen molar-refractivity contribution in [1.82, 2.24) is 4.90 Å². The lowest BCUT2D eigenvalue weighted by molar-refractivity contribution is 0.0678. The van der Waals surface area contributed by atoms with Crippen LogP contribution >= 0.6 is 0 Å². The van der Waals surface area contributed by atoms with E-state index in [4.69, 9.17) is 14.2 Å². The Morgan fingerprint density at radius 3 is 2.69 bits per heavy atom. The maximum Gasteiger partial charge on any atom is 0.254 e. The molecule has 1 aliphatic heterocycles. The molecular weight excluding hydrogens is 330 g/mol. The summed E-state index contributed by atoms with van der Waals surface area (Å²) in [5, 5.41) is 0. The molecule has 1 unspecified atom stereocenters. The van der Waals surface area contributed by atoms with Crippen molar-refractivity contribution in [3.63, 3.8) is 0 Å². The fraction of sp³-hybridized carbons (Fsp3) is 0.381. The third kappa shape index (κ3) is 4.76. The Morgan fingerprint density at radius 1 is 1.19 bits per heavy atom. The molecule has 26 heavy (non-hydrogen) atoms. The van der Waals surface area contributed by atoms with E-state index in [1.54, 1.807) is 25.1 Å². The average molecular weight is 355 g/mol. The first kappa shape index (κ1) is 18.3. The summed E-state index contributed by atoms with van der Waals surface area (Å²) < 4.78 is 16.5. The van der Waals surface area contributed by atoms with Crippen LogP contribution in [0.5, 0.6) is 11.5 Å². The van der Waals surface area contributed by atoms with Crippen LogP contribution in [0.15, 0.2) is 48.5 Å². The zero-order valence-electron chi connectivity index (χ0n) is 15.3. The molecule has 1 saturated heterocycles. The lowest BCUT2D eigenvalue weighted by atomic mass is 10.1. The SMILES string of the molecule is COc1ccc(CN(C)C(=O)c2cccc(OCC3CCCO3)c2)cc1. The molecule has 3 rings (SSSR count). The molecule has 0 aliphatic carbocycles. The second-order valence-corrected chi connectivity index (χ2v) is 6.48. The van der Waals surface area contributed by atoms with E-state index in [-0.39, 0.29) is 12.0 Å². The predicted molar refractivity (Wildman–Crippen MR) is 99.7 cm³/mol.